The lowest BCUT2D eigenvalue weighted by atomic mass is 10.0. The molecule has 2 saturated heterocycles. The number of amides is 3. The van der Waals surface area contributed by atoms with Crippen LogP contribution in [-0.4, -0.2) is 85.0 Å². The number of carbonyl (C=O) groups is 2. The minimum atomic E-state index is -0.569. The van der Waals surface area contributed by atoms with E-state index in [2.05, 4.69) is 25.4 Å². The molecule has 2 aliphatic heterocycles. The van der Waals surface area contributed by atoms with E-state index in [1.807, 2.05) is 13.8 Å². The van der Waals surface area contributed by atoms with Gasteiger partial charge in [-0.3, -0.25) is 19.6 Å². The van der Waals surface area contributed by atoms with Gasteiger partial charge in [0.25, 0.3) is 0 Å². The number of guanidine groups is 1. The Kier molecular flexibility index (Phi) is 7.78. The molecule has 0 aliphatic carbocycles. The van der Waals surface area contributed by atoms with E-state index < -0.39 is 11.6 Å². The zero-order valence-electron chi connectivity index (χ0n) is 18.0. The van der Waals surface area contributed by atoms with Crippen molar-refractivity contribution in [3.63, 3.8) is 0 Å². The molecule has 8 nitrogen and oxygen atoms in total. The average Bonchev–Trinajstić information content (AvgIpc) is 3.07. The standard InChI is InChI=1S/C21H30F2N6O2/c1-3-18(16-6-5-15(22)13-17(16)23)27-9-11-28(12-10-27)20(24-4-2)25-7-8-29-19(30)14-26-21(29)31/h5-6,13,18H,3-4,7-12,14H2,1-2H3,(H,24,25)(H,26,31). The molecule has 1 aromatic rings. The van der Waals surface area contributed by atoms with Crippen LogP contribution in [0.2, 0.25) is 0 Å². The molecule has 0 saturated carbocycles. The smallest absolute Gasteiger partial charge is 0.324 e. The Hall–Kier alpha value is -2.75. The summed E-state index contributed by atoms with van der Waals surface area (Å²) in [5.74, 6) is -0.585. The van der Waals surface area contributed by atoms with Crippen molar-refractivity contribution in [3.8, 4) is 0 Å². The van der Waals surface area contributed by atoms with Gasteiger partial charge in [0.15, 0.2) is 5.96 Å². The average molecular weight is 437 g/mol. The van der Waals surface area contributed by atoms with E-state index in [0.717, 1.165) is 18.4 Å². The van der Waals surface area contributed by atoms with Gasteiger partial charge >= 0.3 is 6.03 Å². The minimum absolute atomic E-state index is 0.0395. The van der Waals surface area contributed by atoms with Crippen LogP contribution in [0.1, 0.15) is 31.9 Å². The number of hydrogen-bond acceptors (Lipinski definition) is 4. The number of benzene rings is 1. The summed E-state index contributed by atoms with van der Waals surface area (Å²) < 4.78 is 27.6. The minimum Gasteiger partial charge on any atom is -0.357 e. The van der Waals surface area contributed by atoms with Crippen molar-refractivity contribution in [2.45, 2.75) is 26.3 Å². The van der Waals surface area contributed by atoms with E-state index in [1.54, 1.807) is 0 Å². The molecule has 31 heavy (non-hydrogen) atoms. The van der Waals surface area contributed by atoms with Gasteiger partial charge in [-0.25, -0.2) is 13.6 Å². The van der Waals surface area contributed by atoms with Crippen molar-refractivity contribution < 1.29 is 18.4 Å². The normalized spacial score (nSPS) is 19.0. The highest BCUT2D eigenvalue weighted by atomic mass is 19.1. The lowest BCUT2D eigenvalue weighted by Crippen LogP contribution is -2.53. The first-order chi connectivity index (χ1) is 14.9. The molecule has 2 heterocycles. The molecule has 2 N–H and O–H groups in total. The van der Waals surface area contributed by atoms with Gasteiger partial charge in [-0.2, -0.15) is 0 Å². The zero-order valence-corrected chi connectivity index (χ0v) is 18.0. The molecule has 2 fully saturated rings. The van der Waals surface area contributed by atoms with Crippen LogP contribution in [0.3, 0.4) is 0 Å². The van der Waals surface area contributed by atoms with Crippen LogP contribution >= 0.6 is 0 Å². The number of urea groups is 1. The Morgan fingerprint density at radius 3 is 2.52 bits per heavy atom. The number of nitrogens with one attached hydrogen (secondary N) is 2. The van der Waals surface area contributed by atoms with E-state index in [-0.39, 0.29) is 31.1 Å². The molecule has 170 valence electrons. The van der Waals surface area contributed by atoms with Crippen molar-refractivity contribution in [2.24, 2.45) is 4.99 Å². The molecule has 3 amide bonds. The van der Waals surface area contributed by atoms with E-state index in [1.165, 1.54) is 17.0 Å². The first kappa shape index (κ1) is 22.9. The third kappa shape index (κ3) is 5.49. The maximum Gasteiger partial charge on any atom is 0.324 e. The third-order valence-electron chi connectivity index (χ3n) is 5.62. The molecule has 0 aromatic heterocycles. The van der Waals surface area contributed by atoms with Crippen LogP contribution in [0.4, 0.5) is 13.6 Å². The summed E-state index contributed by atoms with van der Waals surface area (Å²) in [6, 6.07) is 3.29. The van der Waals surface area contributed by atoms with Crippen LogP contribution in [0, 0.1) is 11.6 Å². The number of imide groups is 1. The fourth-order valence-electron chi connectivity index (χ4n) is 4.06. The highest BCUT2D eigenvalue weighted by Gasteiger charge is 2.29. The predicted octanol–water partition coefficient (Wildman–Crippen LogP) is 1.55. The van der Waals surface area contributed by atoms with Gasteiger partial charge in [-0.05, 0) is 19.4 Å². The fraction of sp³-hybridized carbons (Fsp3) is 0.571. The number of hydrogen-bond donors (Lipinski definition) is 2. The Labute approximate surface area is 181 Å². The largest absolute Gasteiger partial charge is 0.357 e. The molecule has 3 rings (SSSR count). The molecule has 0 bridgehead atoms. The molecule has 1 unspecified atom stereocenters. The highest BCUT2D eigenvalue weighted by Crippen LogP contribution is 2.28. The Morgan fingerprint density at radius 2 is 1.94 bits per heavy atom. The van der Waals surface area contributed by atoms with E-state index in [9.17, 15) is 18.4 Å². The molecule has 1 atom stereocenters. The summed E-state index contributed by atoms with van der Waals surface area (Å²) in [6.45, 7) is 8.11. The maximum absolute atomic E-state index is 14.3. The van der Waals surface area contributed by atoms with Crippen LogP contribution in [0.15, 0.2) is 23.2 Å². The first-order valence-corrected chi connectivity index (χ1v) is 10.7. The number of aliphatic imine (C=N–C) groups is 1. The second kappa shape index (κ2) is 10.5. The summed E-state index contributed by atoms with van der Waals surface area (Å²) in [4.78, 5) is 33.4. The number of halogens is 2. The van der Waals surface area contributed by atoms with Gasteiger partial charge in [0.1, 0.15) is 11.6 Å². The fourth-order valence-corrected chi connectivity index (χ4v) is 4.06. The highest BCUT2D eigenvalue weighted by molar-refractivity contribution is 6.01. The molecule has 0 spiro atoms. The summed E-state index contributed by atoms with van der Waals surface area (Å²) in [6.07, 6.45) is 0.725. The maximum atomic E-state index is 14.3. The van der Waals surface area contributed by atoms with Crippen molar-refractivity contribution >= 4 is 17.9 Å². The van der Waals surface area contributed by atoms with Gasteiger partial charge in [0.2, 0.25) is 5.91 Å². The van der Waals surface area contributed by atoms with Crippen LogP contribution in [0.25, 0.3) is 0 Å². The summed E-state index contributed by atoms with van der Waals surface area (Å²) in [7, 11) is 0. The first-order valence-electron chi connectivity index (χ1n) is 10.7. The van der Waals surface area contributed by atoms with Gasteiger partial charge < -0.3 is 15.5 Å². The number of carbonyl (C=O) groups excluding carboxylic acids is 2. The van der Waals surface area contributed by atoms with Crippen molar-refractivity contribution in [1.82, 2.24) is 25.3 Å². The second-order valence-corrected chi connectivity index (χ2v) is 7.55. The van der Waals surface area contributed by atoms with Crippen LogP contribution < -0.4 is 10.6 Å². The van der Waals surface area contributed by atoms with E-state index >= 15 is 0 Å². The summed E-state index contributed by atoms with van der Waals surface area (Å²) in [5, 5.41) is 5.75. The van der Waals surface area contributed by atoms with Crippen molar-refractivity contribution in [3.05, 3.63) is 35.4 Å². The van der Waals surface area contributed by atoms with Crippen molar-refractivity contribution in [2.75, 3.05) is 52.4 Å². The zero-order chi connectivity index (χ0) is 22.4. The second-order valence-electron chi connectivity index (χ2n) is 7.55. The monoisotopic (exact) mass is 436 g/mol. The Bertz CT molecular complexity index is 810. The van der Waals surface area contributed by atoms with Gasteiger partial charge in [-0.1, -0.05) is 13.0 Å². The van der Waals surface area contributed by atoms with Crippen LogP contribution in [-0.2, 0) is 4.79 Å². The predicted molar refractivity (Wildman–Crippen MR) is 114 cm³/mol. The molecular formula is C21H30F2N6O2. The molecule has 0 radical (unpaired) electrons. The van der Waals surface area contributed by atoms with Gasteiger partial charge in [0, 0.05) is 50.4 Å². The third-order valence-corrected chi connectivity index (χ3v) is 5.62. The molecule has 1 aromatic carbocycles. The molecule has 2 aliphatic rings. The lowest BCUT2D eigenvalue weighted by Gasteiger charge is -2.40. The van der Waals surface area contributed by atoms with Crippen LogP contribution in [0.5, 0.6) is 0 Å². The SMILES string of the molecule is CCNC(=NCCN1C(=O)CNC1=O)N1CCN(C(CC)c2ccc(F)cc2F)CC1. The van der Waals surface area contributed by atoms with E-state index in [0.29, 0.717) is 44.8 Å². The topological polar surface area (TPSA) is 80.3 Å². The number of nitrogens with zero attached hydrogens (tertiary/aromatic N) is 4. The van der Waals surface area contributed by atoms with Gasteiger partial charge in [0.05, 0.1) is 19.6 Å². The summed E-state index contributed by atoms with van der Waals surface area (Å²) in [5.41, 5.74) is 0.520. The van der Waals surface area contributed by atoms with E-state index in [4.69, 9.17) is 0 Å². The number of piperazine rings is 1. The number of rotatable bonds is 7. The molecular weight excluding hydrogens is 406 g/mol. The molecule has 10 heteroatoms. The lowest BCUT2D eigenvalue weighted by molar-refractivity contribution is -0.124. The Balaban J connectivity index is 1.59. The summed E-state index contributed by atoms with van der Waals surface area (Å²) >= 11 is 0. The quantitative estimate of drug-likeness (QED) is 0.385. The van der Waals surface area contributed by atoms with Crippen molar-refractivity contribution in [1.29, 1.82) is 0 Å². The Morgan fingerprint density at radius 1 is 1.19 bits per heavy atom. The van der Waals surface area contributed by atoms with Gasteiger partial charge in [-0.15, -0.1) is 0 Å².